The minimum absolute atomic E-state index is 0.0267. The van der Waals surface area contributed by atoms with Gasteiger partial charge in [0, 0.05) is 34.9 Å². The molecule has 3 rings (SSSR count). The van der Waals surface area contributed by atoms with Gasteiger partial charge >= 0.3 is 0 Å². The van der Waals surface area contributed by atoms with Crippen LogP contribution in [-0.4, -0.2) is 23.6 Å². The fourth-order valence-electron chi connectivity index (χ4n) is 4.21. The maximum absolute atomic E-state index is 12.6. The average Bonchev–Trinajstić information content (AvgIpc) is 3.18. The minimum Gasteiger partial charge on any atom is -0.310 e. The second kappa shape index (κ2) is 7.52. The van der Waals surface area contributed by atoms with Gasteiger partial charge in [-0.1, -0.05) is 26.8 Å². The van der Waals surface area contributed by atoms with Crippen molar-refractivity contribution in [3.05, 3.63) is 28.8 Å². The number of benzene rings is 1. The van der Waals surface area contributed by atoms with Crippen molar-refractivity contribution in [2.75, 3.05) is 10.2 Å². The van der Waals surface area contributed by atoms with Crippen molar-refractivity contribution in [3.63, 3.8) is 0 Å². The molecule has 1 amide bonds. The second-order valence-electron chi connectivity index (χ2n) is 8.57. The number of rotatable bonds is 3. The van der Waals surface area contributed by atoms with Crippen LogP contribution in [0.25, 0.3) is 0 Å². The summed E-state index contributed by atoms with van der Waals surface area (Å²) in [6.45, 7) is 12.7. The molecule has 2 aliphatic rings. The van der Waals surface area contributed by atoms with Crippen molar-refractivity contribution in [2.24, 2.45) is 5.92 Å². The molecule has 0 spiro atoms. The lowest BCUT2D eigenvalue weighted by Gasteiger charge is -2.41. The summed E-state index contributed by atoms with van der Waals surface area (Å²) in [6.07, 6.45) is 2.56. The predicted octanol–water partition coefficient (Wildman–Crippen LogP) is 5.32. The van der Waals surface area contributed by atoms with Crippen molar-refractivity contribution in [1.82, 2.24) is 0 Å². The number of carbonyl (C=O) groups is 2. The number of hydrogen-bond acceptors (Lipinski definition) is 2. The van der Waals surface area contributed by atoms with Crippen LogP contribution in [0.2, 0.25) is 0 Å². The molecule has 0 bridgehead atoms. The van der Waals surface area contributed by atoms with E-state index in [2.05, 4.69) is 53.7 Å². The lowest BCUT2D eigenvalue weighted by molar-refractivity contribution is -0.120. The van der Waals surface area contributed by atoms with E-state index in [1.807, 2.05) is 4.90 Å². The van der Waals surface area contributed by atoms with E-state index in [1.165, 1.54) is 16.7 Å². The average molecular weight is 398 g/mol. The van der Waals surface area contributed by atoms with Crippen LogP contribution in [0.1, 0.15) is 64.2 Å². The first-order chi connectivity index (χ1) is 12.0. The zero-order valence-corrected chi connectivity index (χ0v) is 18.0. The summed E-state index contributed by atoms with van der Waals surface area (Å²) in [5, 5.41) is 0.194. The van der Waals surface area contributed by atoms with Crippen LogP contribution in [-0.2, 0) is 20.4 Å². The summed E-state index contributed by atoms with van der Waals surface area (Å²) in [6, 6.07) is 4.59. The van der Waals surface area contributed by atoms with Crippen LogP contribution >= 0.6 is 23.2 Å². The van der Waals surface area contributed by atoms with Crippen LogP contribution in [0.5, 0.6) is 0 Å². The number of aryl methyl sites for hydroxylation is 1. The highest BCUT2D eigenvalue weighted by molar-refractivity contribution is 6.40. The van der Waals surface area contributed by atoms with Gasteiger partial charge in [0.15, 0.2) is 0 Å². The normalized spacial score (nSPS) is 26.1. The van der Waals surface area contributed by atoms with E-state index < -0.39 is 0 Å². The van der Waals surface area contributed by atoms with E-state index in [4.69, 9.17) is 23.2 Å². The maximum Gasteiger partial charge on any atom is 0.228 e. The van der Waals surface area contributed by atoms with Gasteiger partial charge in [0.05, 0.1) is 5.34 Å². The Hall–Kier alpha value is -1.06. The first-order valence-electron chi connectivity index (χ1n) is 9.08. The Morgan fingerprint density at radius 1 is 1.23 bits per heavy atom. The molecule has 0 saturated heterocycles. The zero-order chi connectivity index (χ0) is 19.9. The molecule has 0 N–H and O–H groups in total. The molecule has 3 nitrogen and oxygen atoms in total. The third-order valence-electron chi connectivity index (χ3n) is 5.79. The van der Waals surface area contributed by atoms with E-state index in [-0.39, 0.29) is 34.0 Å². The molecule has 1 heterocycles. The number of anilines is 1. The summed E-state index contributed by atoms with van der Waals surface area (Å²) in [5.41, 5.74) is 4.56. The molecular formula is C21H29Cl2NO2. The van der Waals surface area contributed by atoms with Crippen molar-refractivity contribution in [2.45, 2.75) is 71.3 Å². The van der Waals surface area contributed by atoms with E-state index in [0.29, 0.717) is 6.42 Å². The van der Waals surface area contributed by atoms with Crippen LogP contribution in [0, 0.1) is 12.8 Å². The van der Waals surface area contributed by atoms with Gasteiger partial charge in [-0.2, -0.15) is 0 Å². The number of nitrogens with zero attached hydrogens (tertiary/aromatic N) is 1. The van der Waals surface area contributed by atoms with Gasteiger partial charge in [-0.3, -0.25) is 4.79 Å². The molecule has 1 aromatic carbocycles. The van der Waals surface area contributed by atoms with Crippen LogP contribution < -0.4 is 4.90 Å². The standard InChI is InChI=1S/C20H27NO2.CH2Cl2/c1-12(2)21-17-7-13(3)15(20(6)9-14(20)11-22)8-16(17)19(4,5)10-18(21)23;2-1-3/h7-8,11-12,14H,9-10H2,1-6H3;1H2/t14?,20-;/m0./s1. The van der Waals surface area contributed by atoms with Gasteiger partial charge in [-0.15, -0.1) is 23.2 Å². The third kappa shape index (κ3) is 3.66. The molecule has 144 valence electrons. The summed E-state index contributed by atoms with van der Waals surface area (Å²) in [4.78, 5) is 25.7. The third-order valence-corrected chi connectivity index (χ3v) is 5.79. The second-order valence-corrected chi connectivity index (χ2v) is 9.38. The molecule has 26 heavy (non-hydrogen) atoms. The molecule has 1 fully saturated rings. The monoisotopic (exact) mass is 397 g/mol. The van der Waals surface area contributed by atoms with E-state index >= 15 is 0 Å². The highest BCUT2D eigenvalue weighted by Gasteiger charge is 2.52. The molecule has 5 heteroatoms. The van der Waals surface area contributed by atoms with Gasteiger partial charge in [-0.25, -0.2) is 0 Å². The Morgan fingerprint density at radius 3 is 2.27 bits per heavy atom. The number of aldehydes is 1. The number of hydrogen-bond donors (Lipinski definition) is 0. The topological polar surface area (TPSA) is 37.4 Å². The number of carbonyl (C=O) groups excluding carboxylic acids is 2. The Balaban J connectivity index is 0.000000758. The SMILES string of the molecule is Cc1cc2c(cc1[C@@]1(C)CC1C=O)C(C)(C)CC(=O)N2C(C)C.ClCCl. The lowest BCUT2D eigenvalue weighted by atomic mass is 9.74. The van der Waals surface area contributed by atoms with E-state index in [1.54, 1.807) is 0 Å². The molecule has 1 aliphatic carbocycles. The molecule has 1 unspecified atom stereocenters. The van der Waals surface area contributed by atoms with Crippen molar-refractivity contribution in [3.8, 4) is 0 Å². The summed E-state index contributed by atoms with van der Waals surface area (Å²) < 4.78 is 0. The van der Waals surface area contributed by atoms with Crippen molar-refractivity contribution < 1.29 is 9.59 Å². The predicted molar refractivity (Wildman–Crippen MR) is 110 cm³/mol. The van der Waals surface area contributed by atoms with Crippen LogP contribution in [0.4, 0.5) is 5.69 Å². The Labute approximate surface area is 167 Å². The molecular weight excluding hydrogens is 369 g/mol. The Morgan fingerprint density at radius 2 is 1.81 bits per heavy atom. The van der Waals surface area contributed by atoms with Gasteiger partial charge in [-0.05, 0) is 49.9 Å². The fraction of sp³-hybridized carbons (Fsp3) is 0.619. The largest absolute Gasteiger partial charge is 0.310 e. The fourth-order valence-corrected chi connectivity index (χ4v) is 4.21. The Bertz CT molecular complexity index is 714. The number of amides is 1. The van der Waals surface area contributed by atoms with Gasteiger partial charge < -0.3 is 9.69 Å². The van der Waals surface area contributed by atoms with Gasteiger partial charge in [0.1, 0.15) is 6.29 Å². The molecule has 2 atom stereocenters. The summed E-state index contributed by atoms with van der Waals surface area (Å²) >= 11 is 9.53. The summed E-state index contributed by atoms with van der Waals surface area (Å²) in [5.74, 6) is 0.335. The van der Waals surface area contributed by atoms with E-state index in [9.17, 15) is 9.59 Å². The number of alkyl halides is 2. The first-order valence-corrected chi connectivity index (χ1v) is 10.1. The number of halogens is 2. The van der Waals surface area contributed by atoms with E-state index in [0.717, 1.165) is 18.4 Å². The molecule has 1 aliphatic heterocycles. The smallest absolute Gasteiger partial charge is 0.228 e. The quantitative estimate of drug-likeness (QED) is 0.511. The highest BCUT2D eigenvalue weighted by atomic mass is 35.5. The molecule has 1 aromatic rings. The Kier molecular flexibility index (Phi) is 6.14. The lowest BCUT2D eigenvalue weighted by Crippen LogP contribution is -2.45. The van der Waals surface area contributed by atoms with Crippen LogP contribution in [0.3, 0.4) is 0 Å². The van der Waals surface area contributed by atoms with Crippen LogP contribution in [0.15, 0.2) is 12.1 Å². The molecule has 0 aromatic heterocycles. The highest BCUT2D eigenvalue weighted by Crippen LogP contribution is 2.55. The first kappa shape index (κ1) is 21.2. The maximum atomic E-state index is 12.6. The van der Waals surface area contributed by atoms with Crippen molar-refractivity contribution in [1.29, 1.82) is 0 Å². The molecule has 0 radical (unpaired) electrons. The summed E-state index contributed by atoms with van der Waals surface area (Å²) in [7, 11) is 0. The zero-order valence-electron chi connectivity index (χ0n) is 16.5. The van der Waals surface area contributed by atoms with Gasteiger partial charge in [0.2, 0.25) is 5.91 Å². The minimum atomic E-state index is -0.165. The molecule has 1 saturated carbocycles. The number of fused-ring (bicyclic) bond motifs is 1. The van der Waals surface area contributed by atoms with Crippen molar-refractivity contribution >= 4 is 41.1 Å². The van der Waals surface area contributed by atoms with Gasteiger partial charge in [0.25, 0.3) is 0 Å².